The highest BCUT2D eigenvalue weighted by Crippen LogP contribution is 2.27. The fraction of sp³-hybridized carbons (Fsp3) is 0.929. The Hall–Kier alpha value is -0.610. The number of hydrogen-bond donors (Lipinski definition) is 2. The van der Waals surface area contributed by atoms with Crippen LogP contribution in [0.25, 0.3) is 0 Å². The van der Waals surface area contributed by atoms with E-state index in [4.69, 9.17) is 0 Å². The second-order valence-corrected chi connectivity index (χ2v) is 5.96. The summed E-state index contributed by atoms with van der Waals surface area (Å²) in [6.07, 6.45) is 7.47. The minimum atomic E-state index is 0.195. The third-order valence-electron chi connectivity index (χ3n) is 4.41. The highest BCUT2D eigenvalue weighted by molar-refractivity contribution is 5.78. The first-order valence-corrected chi connectivity index (χ1v) is 7.33. The summed E-state index contributed by atoms with van der Waals surface area (Å²) in [6, 6.07) is 1.26. The first-order chi connectivity index (χ1) is 8.69. The van der Waals surface area contributed by atoms with Crippen LogP contribution in [0.15, 0.2) is 0 Å². The lowest BCUT2D eigenvalue weighted by Crippen LogP contribution is -2.44. The Balaban J connectivity index is 1.63. The summed E-state index contributed by atoms with van der Waals surface area (Å²) in [5, 5.41) is 6.39. The SMILES string of the molecule is CNC1CCC(N(C)CC(=O)NCC2CC2)CC1. The Morgan fingerprint density at radius 2 is 1.83 bits per heavy atom. The highest BCUT2D eigenvalue weighted by atomic mass is 16.2. The number of rotatable bonds is 6. The minimum Gasteiger partial charge on any atom is -0.355 e. The van der Waals surface area contributed by atoms with Crippen molar-refractivity contribution in [2.75, 3.05) is 27.2 Å². The standard InChI is InChI=1S/C14H27N3O/c1-15-12-5-7-13(8-6-12)17(2)10-14(18)16-9-11-3-4-11/h11-13,15H,3-10H2,1-2H3,(H,16,18). The number of nitrogens with zero attached hydrogens (tertiary/aromatic N) is 1. The summed E-state index contributed by atoms with van der Waals surface area (Å²) in [5.74, 6) is 0.963. The van der Waals surface area contributed by atoms with Crippen molar-refractivity contribution in [3.8, 4) is 0 Å². The molecule has 2 saturated carbocycles. The van der Waals surface area contributed by atoms with E-state index in [0.29, 0.717) is 18.6 Å². The van der Waals surface area contributed by atoms with Crippen LogP contribution in [0.3, 0.4) is 0 Å². The van der Waals surface area contributed by atoms with Gasteiger partial charge in [-0.1, -0.05) is 0 Å². The van der Waals surface area contributed by atoms with Crippen molar-refractivity contribution in [3.63, 3.8) is 0 Å². The molecule has 2 rings (SSSR count). The summed E-state index contributed by atoms with van der Waals surface area (Å²) in [5.41, 5.74) is 0. The quantitative estimate of drug-likeness (QED) is 0.741. The molecule has 0 aromatic carbocycles. The number of nitrogens with one attached hydrogen (secondary N) is 2. The topological polar surface area (TPSA) is 44.4 Å². The molecule has 0 atom stereocenters. The summed E-state index contributed by atoms with van der Waals surface area (Å²) in [6.45, 7) is 1.45. The molecule has 4 heteroatoms. The molecule has 0 aromatic heterocycles. The van der Waals surface area contributed by atoms with Crippen LogP contribution in [0.2, 0.25) is 0 Å². The van der Waals surface area contributed by atoms with E-state index in [9.17, 15) is 4.79 Å². The maximum atomic E-state index is 11.8. The minimum absolute atomic E-state index is 0.195. The first kappa shape index (κ1) is 13.8. The van der Waals surface area contributed by atoms with Gasteiger partial charge in [-0.2, -0.15) is 0 Å². The molecule has 2 N–H and O–H groups in total. The van der Waals surface area contributed by atoms with E-state index in [1.54, 1.807) is 0 Å². The van der Waals surface area contributed by atoms with Gasteiger partial charge in [-0.15, -0.1) is 0 Å². The molecule has 0 spiro atoms. The van der Waals surface area contributed by atoms with Crippen molar-refractivity contribution in [3.05, 3.63) is 0 Å². The van der Waals surface area contributed by atoms with Gasteiger partial charge in [0.1, 0.15) is 0 Å². The molecule has 0 aliphatic heterocycles. The van der Waals surface area contributed by atoms with Crippen LogP contribution in [0.4, 0.5) is 0 Å². The lowest BCUT2D eigenvalue weighted by Gasteiger charge is -2.34. The molecule has 4 nitrogen and oxygen atoms in total. The van der Waals surface area contributed by atoms with Crippen molar-refractivity contribution in [2.24, 2.45) is 5.92 Å². The first-order valence-electron chi connectivity index (χ1n) is 7.33. The number of likely N-dealkylation sites (N-methyl/N-ethyl adjacent to an activating group) is 1. The molecular formula is C14H27N3O. The summed E-state index contributed by atoms with van der Waals surface area (Å²) in [4.78, 5) is 14.0. The molecule has 1 amide bonds. The normalized spacial score (nSPS) is 28.4. The Kier molecular flexibility index (Phi) is 5.01. The van der Waals surface area contributed by atoms with E-state index in [1.165, 1.54) is 38.5 Å². The van der Waals surface area contributed by atoms with E-state index in [0.717, 1.165) is 12.5 Å². The molecular weight excluding hydrogens is 226 g/mol. The van der Waals surface area contributed by atoms with Crippen LogP contribution in [0.1, 0.15) is 38.5 Å². The van der Waals surface area contributed by atoms with Crippen molar-refractivity contribution in [1.82, 2.24) is 15.5 Å². The summed E-state index contributed by atoms with van der Waals surface area (Å²) < 4.78 is 0. The smallest absolute Gasteiger partial charge is 0.234 e. The third-order valence-corrected chi connectivity index (χ3v) is 4.41. The maximum absolute atomic E-state index is 11.8. The van der Waals surface area contributed by atoms with Crippen LogP contribution in [-0.2, 0) is 4.79 Å². The van der Waals surface area contributed by atoms with E-state index in [-0.39, 0.29) is 5.91 Å². The zero-order valence-electron chi connectivity index (χ0n) is 11.7. The third kappa shape index (κ3) is 4.25. The molecule has 0 radical (unpaired) electrons. The Morgan fingerprint density at radius 3 is 2.39 bits per heavy atom. The van der Waals surface area contributed by atoms with Gasteiger partial charge in [0.2, 0.25) is 5.91 Å². The van der Waals surface area contributed by atoms with E-state index < -0.39 is 0 Å². The molecule has 0 heterocycles. The van der Waals surface area contributed by atoms with Gasteiger partial charge in [-0.05, 0) is 58.5 Å². The predicted molar refractivity (Wildman–Crippen MR) is 73.5 cm³/mol. The number of carbonyl (C=O) groups excluding carboxylic acids is 1. The van der Waals surface area contributed by atoms with Crippen molar-refractivity contribution >= 4 is 5.91 Å². The van der Waals surface area contributed by atoms with Crippen molar-refractivity contribution < 1.29 is 4.79 Å². The van der Waals surface area contributed by atoms with Gasteiger partial charge in [-0.3, -0.25) is 9.69 Å². The van der Waals surface area contributed by atoms with Gasteiger partial charge in [0, 0.05) is 18.6 Å². The largest absolute Gasteiger partial charge is 0.355 e. The van der Waals surface area contributed by atoms with Gasteiger partial charge >= 0.3 is 0 Å². The lowest BCUT2D eigenvalue weighted by atomic mass is 9.90. The van der Waals surface area contributed by atoms with Gasteiger partial charge in [-0.25, -0.2) is 0 Å². The van der Waals surface area contributed by atoms with Gasteiger partial charge in [0.15, 0.2) is 0 Å². The predicted octanol–water partition coefficient (Wildman–Crippen LogP) is 0.975. The zero-order chi connectivity index (χ0) is 13.0. The van der Waals surface area contributed by atoms with Crippen LogP contribution in [-0.4, -0.2) is 50.1 Å². The molecule has 18 heavy (non-hydrogen) atoms. The van der Waals surface area contributed by atoms with Crippen LogP contribution < -0.4 is 10.6 Å². The molecule has 0 bridgehead atoms. The molecule has 104 valence electrons. The number of hydrogen-bond acceptors (Lipinski definition) is 3. The van der Waals surface area contributed by atoms with Gasteiger partial charge in [0.25, 0.3) is 0 Å². The van der Waals surface area contributed by atoms with E-state index in [2.05, 4.69) is 22.6 Å². The zero-order valence-corrected chi connectivity index (χ0v) is 11.7. The average molecular weight is 253 g/mol. The molecule has 2 aliphatic rings. The Morgan fingerprint density at radius 1 is 1.17 bits per heavy atom. The Labute approximate surface area is 110 Å². The highest BCUT2D eigenvalue weighted by Gasteiger charge is 2.25. The number of amides is 1. The second-order valence-electron chi connectivity index (χ2n) is 5.96. The maximum Gasteiger partial charge on any atom is 0.234 e. The second kappa shape index (κ2) is 6.53. The van der Waals surface area contributed by atoms with E-state index >= 15 is 0 Å². The van der Waals surface area contributed by atoms with E-state index in [1.807, 2.05) is 7.05 Å². The lowest BCUT2D eigenvalue weighted by molar-refractivity contribution is -0.122. The fourth-order valence-corrected chi connectivity index (χ4v) is 2.80. The monoisotopic (exact) mass is 253 g/mol. The molecule has 2 fully saturated rings. The van der Waals surface area contributed by atoms with Crippen LogP contribution in [0.5, 0.6) is 0 Å². The van der Waals surface area contributed by atoms with Gasteiger partial charge < -0.3 is 10.6 Å². The van der Waals surface area contributed by atoms with Gasteiger partial charge in [0.05, 0.1) is 6.54 Å². The Bertz CT molecular complexity index is 270. The van der Waals surface area contributed by atoms with Crippen molar-refractivity contribution in [2.45, 2.75) is 50.6 Å². The molecule has 0 aromatic rings. The molecule has 0 saturated heterocycles. The van der Waals surface area contributed by atoms with Crippen LogP contribution >= 0.6 is 0 Å². The summed E-state index contributed by atoms with van der Waals surface area (Å²) >= 11 is 0. The average Bonchev–Trinajstić information content (AvgIpc) is 3.20. The number of carbonyl (C=O) groups is 1. The van der Waals surface area contributed by atoms with Crippen molar-refractivity contribution in [1.29, 1.82) is 0 Å². The summed E-state index contributed by atoms with van der Waals surface area (Å²) in [7, 11) is 4.13. The van der Waals surface area contributed by atoms with Crippen LogP contribution in [0, 0.1) is 5.92 Å². The fourth-order valence-electron chi connectivity index (χ4n) is 2.80. The molecule has 0 unspecified atom stereocenters. The molecule has 2 aliphatic carbocycles.